The number of carbonyl (C=O) groups is 1. The highest BCUT2D eigenvalue weighted by molar-refractivity contribution is 9.10. The number of pyridine rings is 1. The highest BCUT2D eigenvalue weighted by atomic mass is 79.9. The summed E-state index contributed by atoms with van der Waals surface area (Å²) in [6.45, 7) is 0.594. The number of aromatic nitrogens is 2. The van der Waals surface area contributed by atoms with E-state index < -0.39 is 0 Å². The second kappa shape index (κ2) is 7.55. The van der Waals surface area contributed by atoms with Crippen molar-refractivity contribution in [2.45, 2.75) is 25.4 Å². The van der Waals surface area contributed by atoms with Crippen molar-refractivity contribution in [3.8, 4) is 11.3 Å². The summed E-state index contributed by atoms with van der Waals surface area (Å²) in [7, 11) is 0. The number of halogens is 1. The molecule has 0 spiro atoms. The summed E-state index contributed by atoms with van der Waals surface area (Å²) in [5.41, 5.74) is 2.87. The van der Waals surface area contributed by atoms with Crippen LogP contribution in [0, 0.1) is 0 Å². The maximum atomic E-state index is 12.8. The minimum atomic E-state index is -0.0976. The van der Waals surface area contributed by atoms with Gasteiger partial charge in [-0.05, 0) is 42.7 Å². The summed E-state index contributed by atoms with van der Waals surface area (Å²) in [6, 6.07) is 12.1. The SMILES string of the molecule is O=C(Nc1nc(-c2cccnc2)cs1)N(Cc1cccc(Br)c1)C1CC1. The number of nitrogens with one attached hydrogen (secondary N) is 1. The first kappa shape index (κ1) is 17.2. The second-order valence-corrected chi connectivity index (χ2v) is 7.97. The lowest BCUT2D eigenvalue weighted by Gasteiger charge is -2.22. The summed E-state index contributed by atoms with van der Waals surface area (Å²) in [5, 5.41) is 5.49. The molecule has 4 rings (SSSR count). The second-order valence-electron chi connectivity index (χ2n) is 6.20. The maximum Gasteiger partial charge on any atom is 0.324 e. The van der Waals surface area contributed by atoms with Crippen LogP contribution in [0.15, 0.2) is 58.6 Å². The van der Waals surface area contributed by atoms with E-state index in [4.69, 9.17) is 0 Å². The van der Waals surface area contributed by atoms with Gasteiger partial charge >= 0.3 is 6.03 Å². The van der Waals surface area contributed by atoms with Gasteiger partial charge in [-0.2, -0.15) is 0 Å². The normalized spacial score (nSPS) is 13.4. The number of rotatable bonds is 5. The third-order valence-corrected chi connectivity index (χ3v) is 5.42. The molecule has 0 saturated heterocycles. The van der Waals surface area contributed by atoms with Crippen LogP contribution in [0.3, 0.4) is 0 Å². The van der Waals surface area contributed by atoms with E-state index >= 15 is 0 Å². The minimum absolute atomic E-state index is 0.0976. The first-order valence-electron chi connectivity index (χ1n) is 8.37. The zero-order chi connectivity index (χ0) is 17.9. The van der Waals surface area contributed by atoms with Gasteiger partial charge in [-0.25, -0.2) is 9.78 Å². The number of anilines is 1. The van der Waals surface area contributed by atoms with Crippen molar-refractivity contribution in [1.82, 2.24) is 14.9 Å². The molecule has 1 saturated carbocycles. The number of thiazole rings is 1. The van der Waals surface area contributed by atoms with Gasteiger partial charge in [0.1, 0.15) is 0 Å². The molecular weight excluding hydrogens is 412 g/mol. The van der Waals surface area contributed by atoms with E-state index in [1.165, 1.54) is 11.3 Å². The zero-order valence-corrected chi connectivity index (χ0v) is 16.3. The first-order chi connectivity index (χ1) is 12.7. The highest BCUT2D eigenvalue weighted by Gasteiger charge is 2.33. The highest BCUT2D eigenvalue weighted by Crippen LogP contribution is 2.30. The van der Waals surface area contributed by atoms with Crippen molar-refractivity contribution in [3.63, 3.8) is 0 Å². The summed E-state index contributed by atoms with van der Waals surface area (Å²) >= 11 is 4.91. The molecule has 3 aromatic rings. The Bertz CT molecular complexity index is 911. The van der Waals surface area contributed by atoms with Gasteiger partial charge in [-0.1, -0.05) is 28.1 Å². The largest absolute Gasteiger partial charge is 0.324 e. The van der Waals surface area contributed by atoms with E-state index in [2.05, 4.69) is 31.2 Å². The Kier molecular flexibility index (Phi) is 4.99. The molecule has 7 heteroatoms. The van der Waals surface area contributed by atoms with E-state index in [9.17, 15) is 4.79 Å². The molecule has 2 amide bonds. The molecule has 1 aliphatic carbocycles. The van der Waals surface area contributed by atoms with Crippen molar-refractivity contribution in [3.05, 3.63) is 64.2 Å². The van der Waals surface area contributed by atoms with Crippen LogP contribution in [-0.4, -0.2) is 26.9 Å². The number of carbonyl (C=O) groups excluding carboxylic acids is 1. The van der Waals surface area contributed by atoms with Crippen LogP contribution in [0.2, 0.25) is 0 Å². The van der Waals surface area contributed by atoms with Gasteiger partial charge in [0.05, 0.1) is 5.69 Å². The molecule has 1 N–H and O–H groups in total. The Balaban J connectivity index is 1.46. The Morgan fingerprint density at radius 2 is 2.19 bits per heavy atom. The van der Waals surface area contributed by atoms with Crippen LogP contribution in [0.4, 0.5) is 9.93 Å². The van der Waals surface area contributed by atoms with Crippen LogP contribution in [0.5, 0.6) is 0 Å². The topological polar surface area (TPSA) is 58.1 Å². The number of benzene rings is 1. The molecule has 0 radical (unpaired) electrons. The van der Waals surface area contributed by atoms with Crippen LogP contribution < -0.4 is 5.32 Å². The zero-order valence-electron chi connectivity index (χ0n) is 13.9. The van der Waals surface area contributed by atoms with Crippen molar-refractivity contribution in [2.24, 2.45) is 0 Å². The Morgan fingerprint density at radius 1 is 1.31 bits per heavy atom. The predicted octanol–water partition coefficient (Wildman–Crippen LogP) is 5.16. The first-order valence-corrected chi connectivity index (χ1v) is 10.0. The lowest BCUT2D eigenvalue weighted by atomic mass is 10.2. The summed E-state index contributed by atoms with van der Waals surface area (Å²) < 4.78 is 1.02. The third-order valence-electron chi connectivity index (χ3n) is 4.17. The van der Waals surface area contributed by atoms with Crippen LogP contribution >= 0.6 is 27.3 Å². The van der Waals surface area contributed by atoms with E-state index in [0.29, 0.717) is 17.7 Å². The van der Waals surface area contributed by atoms with Crippen LogP contribution in [0.25, 0.3) is 11.3 Å². The van der Waals surface area contributed by atoms with Crippen molar-refractivity contribution in [2.75, 3.05) is 5.32 Å². The molecular formula is C19H17BrN4OS. The van der Waals surface area contributed by atoms with Crippen molar-refractivity contribution >= 4 is 38.4 Å². The molecule has 1 fully saturated rings. The lowest BCUT2D eigenvalue weighted by Crippen LogP contribution is -2.36. The van der Waals surface area contributed by atoms with Crippen LogP contribution in [-0.2, 0) is 6.54 Å². The van der Waals surface area contributed by atoms with Gasteiger partial charge in [0, 0.05) is 40.4 Å². The van der Waals surface area contributed by atoms with Gasteiger partial charge in [0.15, 0.2) is 5.13 Å². The third kappa shape index (κ3) is 4.11. The minimum Gasteiger partial charge on any atom is -0.317 e. The number of hydrogen-bond donors (Lipinski definition) is 1. The van der Waals surface area contributed by atoms with Crippen molar-refractivity contribution in [1.29, 1.82) is 0 Å². The summed E-state index contributed by atoms with van der Waals surface area (Å²) in [4.78, 5) is 23.3. The number of amides is 2. The molecule has 0 bridgehead atoms. The number of nitrogens with zero attached hydrogens (tertiary/aromatic N) is 3. The molecule has 2 aromatic heterocycles. The standard InChI is InChI=1S/C19H17BrN4OS/c20-15-5-1-3-13(9-15)11-24(16-6-7-16)19(25)23-18-22-17(12-26-18)14-4-2-8-21-10-14/h1-5,8-10,12,16H,6-7,11H2,(H,22,23,25). The summed E-state index contributed by atoms with van der Waals surface area (Å²) in [6.07, 6.45) is 5.61. The van der Waals surface area contributed by atoms with Gasteiger partial charge in [-0.15, -0.1) is 11.3 Å². The summed E-state index contributed by atoms with van der Waals surface area (Å²) in [5.74, 6) is 0. The molecule has 2 heterocycles. The van der Waals surface area contributed by atoms with E-state index in [0.717, 1.165) is 34.1 Å². The molecule has 5 nitrogen and oxygen atoms in total. The van der Waals surface area contributed by atoms with Crippen LogP contribution in [0.1, 0.15) is 18.4 Å². The maximum absolute atomic E-state index is 12.8. The molecule has 132 valence electrons. The molecule has 0 atom stereocenters. The molecule has 1 aromatic carbocycles. The number of hydrogen-bond acceptors (Lipinski definition) is 4. The quantitative estimate of drug-likeness (QED) is 0.609. The Hall–Kier alpha value is -2.25. The molecule has 1 aliphatic rings. The molecule has 0 unspecified atom stereocenters. The average molecular weight is 429 g/mol. The number of urea groups is 1. The van der Waals surface area contributed by atoms with E-state index in [1.807, 2.05) is 46.7 Å². The fourth-order valence-electron chi connectivity index (χ4n) is 2.73. The van der Waals surface area contributed by atoms with Gasteiger partial charge in [0.2, 0.25) is 0 Å². The van der Waals surface area contributed by atoms with Gasteiger partial charge in [-0.3, -0.25) is 10.3 Å². The van der Waals surface area contributed by atoms with Gasteiger partial charge < -0.3 is 4.90 Å². The van der Waals surface area contributed by atoms with Gasteiger partial charge in [0.25, 0.3) is 0 Å². The van der Waals surface area contributed by atoms with E-state index in [-0.39, 0.29) is 6.03 Å². The van der Waals surface area contributed by atoms with E-state index in [1.54, 1.807) is 12.4 Å². The lowest BCUT2D eigenvalue weighted by molar-refractivity contribution is 0.206. The average Bonchev–Trinajstić information content (AvgIpc) is 3.39. The fourth-order valence-corrected chi connectivity index (χ4v) is 3.88. The Labute approximate surface area is 164 Å². The Morgan fingerprint density at radius 3 is 2.92 bits per heavy atom. The molecule has 0 aliphatic heterocycles. The van der Waals surface area contributed by atoms with Crippen molar-refractivity contribution < 1.29 is 4.79 Å². The molecule has 26 heavy (non-hydrogen) atoms. The predicted molar refractivity (Wildman–Crippen MR) is 107 cm³/mol. The smallest absolute Gasteiger partial charge is 0.317 e. The monoisotopic (exact) mass is 428 g/mol. The fraction of sp³-hybridized carbons (Fsp3) is 0.211.